The van der Waals surface area contributed by atoms with Gasteiger partial charge in [-0.25, -0.2) is 0 Å². The van der Waals surface area contributed by atoms with Crippen LogP contribution in [0.2, 0.25) is 0 Å². The van der Waals surface area contributed by atoms with Gasteiger partial charge >= 0.3 is 0 Å². The summed E-state index contributed by atoms with van der Waals surface area (Å²) >= 11 is 8.72. The van der Waals surface area contributed by atoms with E-state index in [1.54, 1.807) is 18.1 Å². The SMILES string of the molecule is COc1ccc(CN2C(=O)C(=Cc3ccc(I)o3)SC2=S)cc1. The monoisotopic (exact) mass is 457 g/mol. The molecule has 2 aromatic rings. The first kappa shape index (κ1) is 16.5. The van der Waals surface area contributed by atoms with Crippen molar-refractivity contribution in [3.05, 3.63) is 56.4 Å². The summed E-state index contributed by atoms with van der Waals surface area (Å²) in [5, 5.41) is 0. The summed E-state index contributed by atoms with van der Waals surface area (Å²) in [6.45, 7) is 0.446. The van der Waals surface area contributed by atoms with Gasteiger partial charge in [-0.2, -0.15) is 0 Å². The molecule has 3 rings (SSSR count). The number of hydrogen-bond acceptors (Lipinski definition) is 5. The Morgan fingerprint density at radius 2 is 2.04 bits per heavy atom. The standard InChI is InChI=1S/C16H12INO3S2/c1-20-11-4-2-10(3-5-11)9-18-15(19)13(23-16(18)22)8-12-6-7-14(17)21-12/h2-8H,9H2,1H3. The predicted molar refractivity (Wildman–Crippen MR) is 103 cm³/mol. The minimum atomic E-state index is -0.0952. The Labute approximate surface area is 157 Å². The fourth-order valence-electron chi connectivity index (χ4n) is 2.08. The summed E-state index contributed by atoms with van der Waals surface area (Å²) in [5.41, 5.74) is 0.996. The molecule has 1 amide bonds. The van der Waals surface area contributed by atoms with Gasteiger partial charge in [0.05, 0.1) is 18.6 Å². The molecule has 1 fully saturated rings. The third-order valence-corrected chi connectivity index (χ3v) is 5.20. The van der Waals surface area contributed by atoms with E-state index in [4.69, 9.17) is 21.4 Å². The summed E-state index contributed by atoms with van der Waals surface area (Å²) in [4.78, 5) is 14.7. The Morgan fingerprint density at radius 3 is 2.65 bits per heavy atom. The lowest BCUT2D eigenvalue weighted by Gasteiger charge is -2.14. The van der Waals surface area contributed by atoms with Gasteiger partial charge in [0, 0.05) is 6.08 Å². The number of methoxy groups -OCH3 is 1. The number of thioether (sulfide) groups is 1. The normalized spacial score (nSPS) is 16.4. The van der Waals surface area contributed by atoms with E-state index in [0.29, 0.717) is 21.5 Å². The fourth-order valence-corrected chi connectivity index (χ4v) is 3.75. The Morgan fingerprint density at radius 1 is 1.30 bits per heavy atom. The van der Waals surface area contributed by atoms with Crippen molar-refractivity contribution in [2.45, 2.75) is 6.54 Å². The summed E-state index contributed by atoms with van der Waals surface area (Å²) < 4.78 is 11.9. The summed E-state index contributed by atoms with van der Waals surface area (Å²) in [5.74, 6) is 1.34. The predicted octanol–water partition coefficient (Wildman–Crippen LogP) is 4.29. The van der Waals surface area contributed by atoms with Crippen LogP contribution in [0, 0.1) is 3.77 Å². The van der Waals surface area contributed by atoms with Crippen LogP contribution in [0.3, 0.4) is 0 Å². The lowest BCUT2D eigenvalue weighted by atomic mass is 10.2. The topological polar surface area (TPSA) is 42.7 Å². The van der Waals surface area contributed by atoms with E-state index in [0.717, 1.165) is 15.1 Å². The number of carbonyl (C=O) groups is 1. The largest absolute Gasteiger partial charge is 0.497 e. The highest BCUT2D eigenvalue weighted by atomic mass is 127. The maximum atomic E-state index is 12.5. The molecule has 1 aliphatic heterocycles. The molecule has 0 bridgehead atoms. The van der Waals surface area contributed by atoms with Crippen LogP contribution in [0.1, 0.15) is 11.3 Å². The number of ether oxygens (including phenoxy) is 1. The highest BCUT2D eigenvalue weighted by molar-refractivity contribution is 14.1. The van der Waals surface area contributed by atoms with Crippen molar-refractivity contribution in [2.75, 3.05) is 7.11 Å². The summed E-state index contributed by atoms with van der Waals surface area (Å²) in [6, 6.07) is 11.3. The molecule has 0 spiro atoms. The van der Waals surface area contributed by atoms with E-state index in [2.05, 4.69) is 22.6 Å². The first-order chi connectivity index (χ1) is 11.1. The number of thiocarbonyl (C=S) groups is 1. The highest BCUT2D eigenvalue weighted by Crippen LogP contribution is 2.34. The number of carbonyl (C=O) groups excluding carboxylic acids is 1. The van der Waals surface area contributed by atoms with Crippen molar-refractivity contribution in [1.82, 2.24) is 4.90 Å². The molecule has 0 saturated carbocycles. The number of benzene rings is 1. The van der Waals surface area contributed by atoms with Crippen molar-refractivity contribution < 1.29 is 13.9 Å². The molecule has 1 aromatic carbocycles. The molecule has 0 N–H and O–H groups in total. The average molecular weight is 457 g/mol. The molecule has 0 unspecified atom stereocenters. The summed E-state index contributed by atoms with van der Waals surface area (Å²) in [7, 11) is 1.62. The van der Waals surface area contributed by atoms with E-state index in [1.165, 1.54) is 11.8 Å². The molecular formula is C16H12INO3S2. The van der Waals surface area contributed by atoms with E-state index >= 15 is 0 Å². The van der Waals surface area contributed by atoms with Crippen LogP contribution < -0.4 is 4.74 Å². The first-order valence-corrected chi connectivity index (χ1v) is 9.01. The van der Waals surface area contributed by atoms with Crippen LogP contribution >= 0.6 is 46.6 Å². The smallest absolute Gasteiger partial charge is 0.266 e. The molecule has 0 atom stereocenters. The molecule has 7 heteroatoms. The molecular weight excluding hydrogens is 445 g/mol. The van der Waals surface area contributed by atoms with Crippen molar-refractivity contribution >= 4 is 62.9 Å². The van der Waals surface area contributed by atoms with Gasteiger partial charge in [-0.3, -0.25) is 9.69 Å². The minimum absolute atomic E-state index is 0.0952. The molecule has 1 aromatic heterocycles. The zero-order valence-corrected chi connectivity index (χ0v) is 15.9. The van der Waals surface area contributed by atoms with E-state index in [1.807, 2.05) is 36.4 Å². The summed E-state index contributed by atoms with van der Waals surface area (Å²) in [6.07, 6.45) is 1.73. The molecule has 0 aliphatic carbocycles. The molecule has 1 aliphatic rings. The number of nitrogens with zero attached hydrogens (tertiary/aromatic N) is 1. The van der Waals surface area contributed by atoms with E-state index < -0.39 is 0 Å². The quantitative estimate of drug-likeness (QED) is 0.389. The zero-order chi connectivity index (χ0) is 16.4. The lowest BCUT2D eigenvalue weighted by molar-refractivity contribution is -0.122. The van der Waals surface area contributed by atoms with Gasteiger partial charge < -0.3 is 9.15 Å². The zero-order valence-electron chi connectivity index (χ0n) is 12.1. The first-order valence-electron chi connectivity index (χ1n) is 6.70. The molecule has 1 saturated heterocycles. The highest BCUT2D eigenvalue weighted by Gasteiger charge is 2.32. The Kier molecular flexibility index (Phi) is 5.08. The van der Waals surface area contributed by atoms with Gasteiger partial charge in [0.2, 0.25) is 0 Å². The van der Waals surface area contributed by atoms with Crippen LogP contribution in [0.25, 0.3) is 6.08 Å². The lowest BCUT2D eigenvalue weighted by Crippen LogP contribution is -2.27. The van der Waals surface area contributed by atoms with Gasteiger partial charge in [0.1, 0.15) is 15.8 Å². The second-order valence-electron chi connectivity index (χ2n) is 4.76. The third kappa shape index (κ3) is 3.78. The van der Waals surface area contributed by atoms with Gasteiger partial charge in [-0.05, 0) is 52.4 Å². The van der Waals surface area contributed by atoms with Crippen molar-refractivity contribution in [3.8, 4) is 5.75 Å². The van der Waals surface area contributed by atoms with Gasteiger partial charge in [-0.1, -0.05) is 36.1 Å². The van der Waals surface area contributed by atoms with Crippen molar-refractivity contribution in [3.63, 3.8) is 0 Å². The number of hydrogen-bond donors (Lipinski definition) is 0. The Hall–Kier alpha value is -1.32. The molecule has 0 radical (unpaired) electrons. The van der Waals surface area contributed by atoms with E-state index in [9.17, 15) is 4.79 Å². The number of furan rings is 1. The number of amides is 1. The second kappa shape index (κ2) is 7.06. The third-order valence-electron chi connectivity index (χ3n) is 3.24. The second-order valence-corrected chi connectivity index (χ2v) is 7.50. The van der Waals surface area contributed by atoms with Crippen LogP contribution in [-0.4, -0.2) is 22.2 Å². The van der Waals surface area contributed by atoms with Crippen LogP contribution in [0.5, 0.6) is 5.75 Å². The molecule has 23 heavy (non-hydrogen) atoms. The van der Waals surface area contributed by atoms with Crippen molar-refractivity contribution in [2.24, 2.45) is 0 Å². The minimum Gasteiger partial charge on any atom is -0.497 e. The maximum Gasteiger partial charge on any atom is 0.266 e. The molecule has 118 valence electrons. The van der Waals surface area contributed by atoms with Crippen LogP contribution in [-0.2, 0) is 11.3 Å². The molecule has 2 heterocycles. The van der Waals surface area contributed by atoms with Gasteiger partial charge in [0.25, 0.3) is 5.91 Å². The maximum absolute atomic E-state index is 12.5. The van der Waals surface area contributed by atoms with Crippen molar-refractivity contribution in [1.29, 1.82) is 0 Å². The van der Waals surface area contributed by atoms with Gasteiger partial charge in [-0.15, -0.1) is 0 Å². The fraction of sp³-hybridized carbons (Fsp3) is 0.125. The van der Waals surface area contributed by atoms with Crippen LogP contribution in [0.15, 0.2) is 45.7 Å². The number of rotatable bonds is 4. The Balaban J connectivity index is 1.77. The van der Waals surface area contributed by atoms with Gasteiger partial charge in [0.15, 0.2) is 3.77 Å². The molecule has 4 nitrogen and oxygen atoms in total. The van der Waals surface area contributed by atoms with E-state index in [-0.39, 0.29) is 5.91 Å². The number of halogens is 1. The average Bonchev–Trinajstić information content (AvgIpc) is 3.07. The van der Waals surface area contributed by atoms with Crippen LogP contribution in [0.4, 0.5) is 0 Å². The Bertz CT molecular complexity index is 783.